The van der Waals surface area contributed by atoms with Gasteiger partial charge < -0.3 is 5.32 Å². The predicted molar refractivity (Wildman–Crippen MR) is 71.1 cm³/mol. The minimum atomic E-state index is 0.308. The van der Waals surface area contributed by atoms with E-state index in [9.17, 15) is 0 Å². The lowest BCUT2D eigenvalue weighted by Gasteiger charge is -2.25. The fourth-order valence-electron chi connectivity index (χ4n) is 2.28. The van der Waals surface area contributed by atoms with Crippen molar-refractivity contribution in [3.8, 4) is 0 Å². The van der Waals surface area contributed by atoms with E-state index in [-0.39, 0.29) is 0 Å². The van der Waals surface area contributed by atoms with E-state index in [4.69, 9.17) is 0 Å². The maximum Gasteiger partial charge on any atom is 0.0596 e. The average Bonchev–Trinajstić information content (AvgIpc) is 3.00. The first-order chi connectivity index (χ1) is 8.00. The Bertz CT molecular complexity index is 375. The molecular weight excluding hydrogens is 210 g/mol. The van der Waals surface area contributed by atoms with Crippen molar-refractivity contribution in [3.63, 3.8) is 0 Å². The molecular formula is C14H25N3. The lowest BCUT2D eigenvalue weighted by atomic mass is 9.87. The van der Waals surface area contributed by atoms with Crippen LogP contribution in [-0.2, 0) is 13.0 Å². The van der Waals surface area contributed by atoms with Crippen molar-refractivity contribution in [3.05, 3.63) is 17.5 Å². The van der Waals surface area contributed by atoms with Crippen LogP contribution >= 0.6 is 0 Å². The molecule has 1 aromatic heterocycles. The Labute approximate surface area is 105 Å². The third-order valence-corrected chi connectivity index (χ3v) is 3.39. The van der Waals surface area contributed by atoms with E-state index in [0.717, 1.165) is 31.2 Å². The van der Waals surface area contributed by atoms with Crippen molar-refractivity contribution < 1.29 is 0 Å². The molecule has 0 bridgehead atoms. The maximum atomic E-state index is 4.52. The SMILES string of the molecule is CCn1nc(C)cc1CC(C)(C)CNC1CC1. The van der Waals surface area contributed by atoms with Crippen LogP contribution in [0, 0.1) is 12.3 Å². The molecule has 0 saturated heterocycles. The van der Waals surface area contributed by atoms with E-state index >= 15 is 0 Å². The van der Waals surface area contributed by atoms with Gasteiger partial charge in [-0.2, -0.15) is 5.10 Å². The smallest absolute Gasteiger partial charge is 0.0596 e. The van der Waals surface area contributed by atoms with Crippen LogP contribution in [-0.4, -0.2) is 22.4 Å². The first kappa shape index (κ1) is 12.6. The van der Waals surface area contributed by atoms with Crippen molar-refractivity contribution in [1.82, 2.24) is 15.1 Å². The van der Waals surface area contributed by atoms with E-state index in [0.29, 0.717) is 5.41 Å². The van der Waals surface area contributed by atoms with E-state index in [1.54, 1.807) is 0 Å². The zero-order valence-electron chi connectivity index (χ0n) is 11.6. The van der Waals surface area contributed by atoms with E-state index in [1.807, 2.05) is 0 Å². The zero-order valence-corrected chi connectivity index (χ0v) is 11.6. The second kappa shape index (κ2) is 4.81. The standard InChI is InChI=1S/C14H25N3/c1-5-17-13(8-11(2)16-17)9-14(3,4)10-15-12-6-7-12/h8,12,15H,5-7,9-10H2,1-4H3. The zero-order chi connectivity index (χ0) is 12.5. The summed E-state index contributed by atoms with van der Waals surface area (Å²) in [4.78, 5) is 0. The maximum absolute atomic E-state index is 4.52. The van der Waals surface area contributed by atoms with Crippen LogP contribution in [0.15, 0.2) is 6.07 Å². The lowest BCUT2D eigenvalue weighted by molar-refractivity contribution is 0.327. The van der Waals surface area contributed by atoms with Gasteiger partial charge in [-0.15, -0.1) is 0 Å². The molecule has 0 radical (unpaired) electrons. The molecule has 1 aliphatic carbocycles. The number of hydrogen-bond donors (Lipinski definition) is 1. The van der Waals surface area contributed by atoms with Gasteiger partial charge in [-0.1, -0.05) is 13.8 Å². The Morgan fingerprint density at radius 1 is 1.47 bits per heavy atom. The summed E-state index contributed by atoms with van der Waals surface area (Å²) >= 11 is 0. The highest BCUT2D eigenvalue weighted by atomic mass is 15.3. The van der Waals surface area contributed by atoms with Crippen LogP contribution in [0.2, 0.25) is 0 Å². The minimum absolute atomic E-state index is 0.308. The third kappa shape index (κ3) is 3.56. The topological polar surface area (TPSA) is 29.9 Å². The second-order valence-corrected chi connectivity index (χ2v) is 6.09. The molecule has 0 aromatic carbocycles. The summed E-state index contributed by atoms with van der Waals surface area (Å²) in [5.74, 6) is 0. The number of nitrogens with one attached hydrogen (secondary N) is 1. The summed E-state index contributed by atoms with van der Waals surface area (Å²) in [6.45, 7) is 11.0. The van der Waals surface area contributed by atoms with Gasteiger partial charge >= 0.3 is 0 Å². The third-order valence-electron chi connectivity index (χ3n) is 3.39. The number of nitrogens with zero attached hydrogens (tertiary/aromatic N) is 2. The van der Waals surface area contributed by atoms with Gasteiger partial charge in [0.15, 0.2) is 0 Å². The van der Waals surface area contributed by atoms with Crippen molar-refractivity contribution in [2.75, 3.05) is 6.54 Å². The van der Waals surface area contributed by atoms with Gasteiger partial charge in [-0.3, -0.25) is 4.68 Å². The van der Waals surface area contributed by atoms with Gasteiger partial charge in [0.25, 0.3) is 0 Å². The van der Waals surface area contributed by atoms with E-state index in [1.165, 1.54) is 18.5 Å². The van der Waals surface area contributed by atoms with E-state index in [2.05, 4.69) is 48.9 Å². The summed E-state index contributed by atoms with van der Waals surface area (Å²) in [6.07, 6.45) is 3.82. The quantitative estimate of drug-likeness (QED) is 0.821. The van der Waals surface area contributed by atoms with Crippen molar-refractivity contribution in [2.45, 2.75) is 59.5 Å². The van der Waals surface area contributed by atoms with Gasteiger partial charge in [-0.25, -0.2) is 0 Å². The largest absolute Gasteiger partial charge is 0.313 e. The molecule has 3 heteroatoms. The van der Waals surface area contributed by atoms with Gasteiger partial charge in [-0.05, 0) is 44.6 Å². The molecule has 3 nitrogen and oxygen atoms in total. The first-order valence-corrected chi connectivity index (χ1v) is 6.77. The highest BCUT2D eigenvalue weighted by molar-refractivity contribution is 5.11. The molecule has 1 N–H and O–H groups in total. The number of aromatic nitrogens is 2. The average molecular weight is 235 g/mol. The van der Waals surface area contributed by atoms with Gasteiger partial charge in [0.1, 0.15) is 0 Å². The summed E-state index contributed by atoms with van der Waals surface area (Å²) in [7, 11) is 0. The Kier molecular flexibility index (Phi) is 3.57. The lowest BCUT2D eigenvalue weighted by Crippen LogP contribution is -2.33. The fraction of sp³-hybridized carbons (Fsp3) is 0.786. The Balaban J connectivity index is 1.96. The minimum Gasteiger partial charge on any atom is -0.313 e. The summed E-state index contributed by atoms with van der Waals surface area (Å²) in [5, 5.41) is 8.15. The first-order valence-electron chi connectivity index (χ1n) is 6.77. The normalized spacial score (nSPS) is 16.5. The molecule has 1 aliphatic rings. The summed E-state index contributed by atoms with van der Waals surface area (Å²) < 4.78 is 2.13. The second-order valence-electron chi connectivity index (χ2n) is 6.09. The van der Waals surface area contributed by atoms with Crippen LogP contribution in [0.1, 0.15) is 45.0 Å². The van der Waals surface area contributed by atoms with Crippen molar-refractivity contribution >= 4 is 0 Å². The van der Waals surface area contributed by atoms with Gasteiger partial charge in [0.05, 0.1) is 5.69 Å². The Morgan fingerprint density at radius 2 is 2.18 bits per heavy atom. The molecule has 96 valence electrons. The van der Waals surface area contributed by atoms with Crippen LogP contribution in [0.4, 0.5) is 0 Å². The highest BCUT2D eigenvalue weighted by Gasteiger charge is 2.26. The van der Waals surface area contributed by atoms with Gasteiger partial charge in [0, 0.05) is 24.8 Å². The molecule has 0 amide bonds. The molecule has 0 aliphatic heterocycles. The highest BCUT2D eigenvalue weighted by Crippen LogP contribution is 2.25. The van der Waals surface area contributed by atoms with Crippen LogP contribution in [0.3, 0.4) is 0 Å². The molecule has 0 unspecified atom stereocenters. The van der Waals surface area contributed by atoms with Crippen LogP contribution < -0.4 is 5.32 Å². The van der Waals surface area contributed by atoms with Crippen molar-refractivity contribution in [1.29, 1.82) is 0 Å². The molecule has 17 heavy (non-hydrogen) atoms. The number of aryl methyl sites for hydroxylation is 2. The fourth-order valence-corrected chi connectivity index (χ4v) is 2.28. The monoisotopic (exact) mass is 235 g/mol. The number of rotatable bonds is 6. The Hall–Kier alpha value is -0.830. The molecule has 1 heterocycles. The summed E-state index contributed by atoms with van der Waals surface area (Å²) in [6, 6.07) is 3.02. The van der Waals surface area contributed by atoms with E-state index < -0.39 is 0 Å². The molecule has 1 fully saturated rings. The van der Waals surface area contributed by atoms with Gasteiger partial charge in [0.2, 0.25) is 0 Å². The molecule has 1 saturated carbocycles. The van der Waals surface area contributed by atoms with Crippen LogP contribution in [0.5, 0.6) is 0 Å². The van der Waals surface area contributed by atoms with Crippen molar-refractivity contribution in [2.24, 2.45) is 5.41 Å². The molecule has 0 atom stereocenters. The number of hydrogen-bond acceptors (Lipinski definition) is 2. The molecule has 1 aromatic rings. The van der Waals surface area contributed by atoms with Crippen LogP contribution in [0.25, 0.3) is 0 Å². The predicted octanol–water partition coefficient (Wildman–Crippen LogP) is 2.53. The molecule has 0 spiro atoms. The summed E-state index contributed by atoms with van der Waals surface area (Å²) in [5.41, 5.74) is 2.81. The Morgan fingerprint density at radius 3 is 2.76 bits per heavy atom. The molecule has 2 rings (SSSR count).